The quantitative estimate of drug-likeness (QED) is 0.439. The summed E-state index contributed by atoms with van der Waals surface area (Å²) in [4.78, 5) is 8.04. The molecule has 2 heterocycles. The van der Waals surface area contributed by atoms with Crippen LogP contribution in [0, 0.1) is 6.92 Å². The van der Waals surface area contributed by atoms with Gasteiger partial charge in [0, 0.05) is 36.5 Å². The molecule has 0 fully saturated rings. The van der Waals surface area contributed by atoms with Crippen LogP contribution in [0.2, 0.25) is 10.4 Å². The van der Waals surface area contributed by atoms with Crippen molar-refractivity contribution < 1.29 is 0 Å². The van der Waals surface area contributed by atoms with Crippen molar-refractivity contribution in [1.29, 1.82) is 0 Å². The Bertz CT molecular complexity index is 499. The monoisotopic (exact) mass is 359 g/mol. The van der Waals surface area contributed by atoms with Crippen LogP contribution in [0.4, 0.5) is 0 Å². The van der Waals surface area contributed by atoms with Crippen LogP contribution >= 0.6 is 53.5 Å². The lowest BCUT2D eigenvalue weighted by Gasteiger charge is -1.98. The van der Waals surface area contributed by atoms with E-state index >= 15 is 0 Å². The summed E-state index contributed by atoms with van der Waals surface area (Å²) >= 11 is 13.9. The molecule has 0 N–H and O–H groups in total. The smallest absolute Gasteiger partial charge is 0.225 e. The largest absolute Gasteiger partial charge is 0.266 e. The summed E-state index contributed by atoms with van der Waals surface area (Å²) in [5.74, 6) is 0. The molecule has 0 unspecified atom stereocenters. The summed E-state index contributed by atoms with van der Waals surface area (Å²) in [5, 5.41) is 1.44. The van der Waals surface area contributed by atoms with Gasteiger partial charge >= 0.3 is 0 Å². The van der Waals surface area contributed by atoms with Crippen LogP contribution < -0.4 is 0 Å². The maximum atomic E-state index is 5.98. The molecule has 0 amide bonds. The Morgan fingerprint density at radius 1 is 1.43 bits per heavy atom. The summed E-state index contributed by atoms with van der Waals surface area (Å²) in [5.41, 5.74) is 1.80. The zero-order valence-corrected chi connectivity index (χ0v) is 11.4. The minimum atomic E-state index is 0.173. The van der Waals surface area contributed by atoms with Crippen LogP contribution in [0.15, 0.2) is 6.20 Å². The predicted molar refractivity (Wildman–Crippen MR) is 69.3 cm³/mol. The summed E-state index contributed by atoms with van der Waals surface area (Å²) < 4.78 is 1.91. The highest BCUT2D eigenvalue weighted by Gasteiger charge is 2.12. The number of hydrogen-bond donors (Lipinski definition) is 0. The van der Waals surface area contributed by atoms with Crippen LogP contribution in [0.25, 0.3) is 11.0 Å². The van der Waals surface area contributed by atoms with Crippen molar-refractivity contribution in [1.82, 2.24) is 13.9 Å². The third-order valence-corrected chi connectivity index (χ3v) is 3.95. The summed E-state index contributed by atoms with van der Waals surface area (Å²) in [6, 6.07) is 0. The number of nitrogens with zero attached hydrogens (tertiary/aromatic N) is 3. The van der Waals surface area contributed by atoms with Crippen molar-refractivity contribution >= 4 is 64.6 Å². The zero-order valence-electron chi connectivity index (χ0n) is 6.96. The number of aromatic nitrogens is 3. The Kier molecular flexibility index (Phi) is 3.11. The van der Waals surface area contributed by atoms with Gasteiger partial charge in [-0.05, 0) is 24.1 Å². The zero-order chi connectivity index (χ0) is 10.3. The van der Waals surface area contributed by atoms with Gasteiger partial charge in [-0.25, -0.2) is 4.98 Å². The molecule has 0 aliphatic rings. The van der Waals surface area contributed by atoms with E-state index in [0.717, 1.165) is 16.6 Å². The van der Waals surface area contributed by atoms with Gasteiger partial charge in [0.1, 0.15) is 5.15 Å². The Morgan fingerprint density at radius 3 is 2.79 bits per heavy atom. The van der Waals surface area contributed by atoms with Crippen LogP contribution in [0.1, 0.15) is 5.56 Å². The first-order chi connectivity index (χ1) is 6.63. The molecule has 0 spiro atoms. The highest BCUT2D eigenvalue weighted by atomic mass is 127. The Labute approximate surface area is 107 Å². The number of aryl methyl sites for hydroxylation is 1. The van der Waals surface area contributed by atoms with Crippen LogP contribution in [-0.4, -0.2) is 13.9 Å². The van der Waals surface area contributed by atoms with E-state index < -0.39 is 0 Å². The molecule has 0 aromatic carbocycles. The van der Waals surface area contributed by atoms with Crippen LogP contribution in [0.5, 0.6) is 0 Å². The molecule has 2 aromatic heterocycles. The van der Waals surface area contributed by atoms with E-state index in [9.17, 15) is 0 Å². The molecular formula is C7H4Cl2IN3S. The standard InChI is InChI=1S/C7H4Cl2IN3S/c1-3-2-13(14-10)6-4(3)5(8)11-7(9)12-6/h2H,1H3. The summed E-state index contributed by atoms with van der Waals surface area (Å²) in [7, 11) is 1.52. The van der Waals surface area contributed by atoms with Crippen molar-refractivity contribution in [2.24, 2.45) is 0 Å². The second kappa shape index (κ2) is 4.03. The van der Waals surface area contributed by atoms with Crippen LogP contribution in [-0.2, 0) is 0 Å². The number of fused-ring (bicyclic) bond motifs is 1. The molecule has 3 nitrogen and oxygen atoms in total. The third kappa shape index (κ3) is 1.70. The molecular weight excluding hydrogens is 356 g/mol. The second-order valence-corrected chi connectivity index (χ2v) is 5.10. The average molecular weight is 360 g/mol. The van der Waals surface area contributed by atoms with Crippen molar-refractivity contribution in [3.63, 3.8) is 0 Å². The molecule has 0 aliphatic carbocycles. The molecule has 0 saturated heterocycles. The fourth-order valence-corrected chi connectivity index (χ4v) is 3.07. The molecule has 0 bridgehead atoms. The van der Waals surface area contributed by atoms with E-state index in [4.69, 9.17) is 23.2 Å². The predicted octanol–water partition coefficient (Wildman–Crippen LogP) is 3.89. The van der Waals surface area contributed by atoms with Gasteiger partial charge in [-0.15, -0.1) is 0 Å². The van der Waals surface area contributed by atoms with Gasteiger partial charge in [0.2, 0.25) is 5.28 Å². The molecule has 0 aliphatic heterocycles. The number of rotatable bonds is 1. The molecule has 2 aromatic rings. The van der Waals surface area contributed by atoms with E-state index in [1.807, 2.05) is 17.1 Å². The number of hydrogen-bond acceptors (Lipinski definition) is 3. The topological polar surface area (TPSA) is 30.7 Å². The van der Waals surface area contributed by atoms with E-state index in [1.54, 1.807) is 0 Å². The first kappa shape index (κ1) is 10.8. The Morgan fingerprint density at radius 2 is 2.14 bits per heavy atom. The molecule has 0 atom stereocenters. The second-order valence-electron chi connectivity index (χ2n) is 2.69. The summed E-state index contributed by atoms with van der Waals surface area (Å²) in [6.45, 7) is 1.97. The summed E-state index contributed by atoms with van der Waals surface area (Å²) in [6.07, 6.45) is 1.96. The maximum Gasteiger partial charge on any atom is 0.225 e. The molecule has 14 heavy (non-hydrogen) atoms. The molecule has 7 heteroatoms. The van der Waals surface area contributed by atoms with E-state index in [2.05, 4.69) is 31.2 Å². The van der Waals surface area contributed by atoms with Gasteiger partial charge in [-0.3, -0.25) is 3.97 Å². The lowest BCUT2D eigenvalue weighted by molar-refractivity contribution is 1.18. The van der Waals surface area contributed by atoms with Gasteiger partial charge in [0.25, 0.3) is 0 Å². The SMILES string of the molecule is Cc1cn(SI)c2nc(Cl)nc(Cl)c12. The average Bonchev–Trinajstić information content (AvgIpc) is 2.42. The minimum Gasteiger partial charge on any atom is -0.266 e. The first-order valence-corrected chi connectivity index (χ1v) is 7.70. The molecule has 0 radical (unpaired) electrons. The van der Waals surface area contributed by atoms with Gasteiger partial charge < -0.3 is 0 Å². The lowest BCUT2D eigenvalue weighted by Crippen LogP contribution is -1.88. The van der Waals surface area contributed by atoms with Gasteiger partial charge in [-0.1, -0.05) is 11.6 Å². The first-order valence-electron chi connectivity index (χ1n) is 3.63. The third-order valence-electron chi connectivity index (χ3n) is 1.81. The van der Waals surface area contributed by atoms with Crippen molar-refractivity contribution in [2.75, 3.05) is 0 Å². The van der Waals surface area contributed by atoms with Crippen molar-refractivity contribution in [3.05, 3.63) is 22.2 Å². The van der Waals surface area contributed by atoms with E-state index in [-0.39, 0.29) is 5.28 Å². The Balaban J connectivity index is 2.89. The van der Waals surface area contributed by atoms with Crippen molar-refractivity contribution in [2.45, 2.75) is 6.92 Å². The molecule has 0 saturated carbocycles. The Hall–Kier alpha value is 0.280. The van der Waals surface area contributed by atoms with Gasteiger partial charge in [-0.2, -0.15) is 4.98 Å². The van der Waals surface area contributed by atoms with Crippen LogP contribution in [0.3, 0.4) is 0 Å². The van der Waals surface area contributed by atoms with Gasteiger partial charge in [0.05, 0.1) is 5.39 Å². The maximum absolute atomic E-state index is 5.98. The highest BCUT2D eigenvalue weighted by Crippen LogP contribution is 2.31. The molecule has 74 valence electrons. The van der Waals surface area contributed by atoms with E-state index in [0.29, 0.717) is 5.15 Å². The van der Waals surface area contributed by atoms with Crippen molar-refractivity contribution in [3.8, 4) is 0 Å². The number of halogens is 3. The fourth-order valence-electron chi connectivity index (χ4n) is 1.25. The lowest BCUT2D eigenvalue weighted by atomic mass is 10.3. The highest BCUT2D eigenvalue weighted by molar-refractivity contribution is 14.2. The minimum absolute atomic E-state index is 0.173. The molecule has 2 rings (SSSR count). The van der Waals surface area contributed by atoms with E-state index in [1.165, 1.54) is 9.12 Å². The fraction of sp³-hybridized carbons (Fsp3) is 0.143. The normalized spacial score (nSPS) is 11.1. The van der Waals surface area contributed by atoms with Gasteiger partial charge in [0.15, 0.2) is 5.65 Å².